The maximum absolute atomic E-state index is 11.8. The molecule has 4 N–H and O–H groups in total. The molecule has 0 amide bonds. The van der Waals surface area contributed by atoms with E-state index in [0.29, 0.717) is 11.3 Å². The molecule has 1 aromatic carbocycles. The summed E-state index contributed by atoms with van der Waals surface area (Å²) in [5.41, 5.74) is 6.99. The highest BCUT2D eigenvalue weighted by molar-refractivity contribution is 7.93. The third-order valence-electron chi connectivity index (χ3n) is 2.70. The Labute approximate surface area is 125 Å². The summed E-state index contributed by atoms with van der Waals surface area (Å²) in [6.07, 6.45) is 0. The summed E-state index contributed by atoms with van der Waals surface area (Å²) in [4.78, 5) is 4.13. The van der Waals surface area contributed by atoms with Gasteiger partial charge in [0.2, 0.25) is 0 Å². The average molecular weight is 324 g/mol. The molecule has 0 aliphatic heterocycles. The van der Waals surface area contributed by atoms with Crippen LogP contribution in [0.15, 0.2) is 23.6 Å². The van der Waals surface area contributed by atoms with Gasteiger partial charge in [-0.3, -0.25) is 4.72 Å². The van der Waals surface area contributed by atoms with E-state index in [2.05, 4.69) is 9.71 Å². The van der Waals surface area contributed by atoms with Crippen LogP contribution in [0, 0.1) is 11.3 Å². The van der Waals surface area contributed by atoms with Crippen molar-refractivity contribution in [3.05, 3.63) is 23.6 Å². The topological polar surface area (TPSA) is 129 Å². The Morgan fingerprint density at radius 2 is 2.24 bits per heavy atom. The minimum absolute atomic E-state index is 0.0299. The van der Waals surface area contributed by atoms with Crippen molar-refractivity contribution in [2.45, 2.75) is 12.2 Å². The zero-order chi connectivity index (χ0) is 15.6. The molecule has 2 rings (SSSR count). The number of nitrogens with zero attached hydrogens (tertiary/aromatic N) is 2. The minimum atomic E-state index is -3.78. The van der Waals surface area contributed by atoms with E-state index in [0.717, 1.165) is 11.3 Å². The molecule has 0 bridgehead atoms. The predicted molar refractivity (Wildman–Crippen MR) is 81.2 cm³/mol. The smallest absolute Gasteiger partial charge is 0.250 e. The molecule has 0 radical (unpaired) electrons. The van der Waals surface area contributed by atoms with Crippen LogP contribution in [0.4, 0.5) is 10.8 Å². The number of phenols is 1. The van der Waals surface area contributed by atoms with Gasteiger partial charge in [-0.1, -0.05) is 0 Å². The molecular weight excluding hydrogens is 312 g/mol. The first-order chi connectivity index (χ1) is 9.83. The molecular formula is C12H12N4O3S2. The molecule has 0 aliphatic rings. The Morgan fingerprint density at radius 3 is 2.86 bits per heavy atom. The number of aromatic nitrogens is 1. The first-order valence-electron chi connectivity index (χ1n) is 5.79. The number of hydrogen-bond donors (Lipinski definition) is 3. The Kier molecular flexibility index (Phi) is 4.02. The number of aromatic hydroxyl groups is 1. The molecule has 110 valence electrons. The third-order valence-corrected chi connectivity index (χ3v) is 5.11. The summed E-state index contributed by atoms with van der Waals surface area (Å²) < 4.78 is 25.8. The fraction of sp³-hybridized carbons (Fsp3) is 0.167. The van der Waals surface area contributed by atoms with Crippen molar-refractivity contribution in [2.24, 2.45) is 0 Å². The minimum Gasteiger partial charge on any atom is -0.506 e. The average Bonchev–Trinajstić information content (AvgIpc) is 2.88. The fourth-order valence-electron chi connectivity index (χ4n) is 1.45. The summed E-state index contributed by atoms with van der Waals surface area (Å²) in [6.45, 7) is 1.29. The summed E-state index contributed by atoms with van der Waals surface area (Å²) in [6, 6.07) is 6.26. The van der Waals surface area contributed by atoms with Crippen LogP contribution in [0.1, 0.15) is 6.92 Å². The molecule has 21 heavy (non-hydrogen) atoms. The highest BCUT2D eigenvalue weighted by Crippen LogP contribution is 2.30. The number of rotatable bonds is 4. The molecule has 1 atom stereocenters. The zero-order valence-electron chi connectivity index (χ0n) is 10.9. The number of nitrogen functional groups attached to an aromatic ring is 1. The van der Waals surface area contributed by atoms with E-state index < -0.39 is 15.3 Å². The van der Waals surface area contributed by atoms with Crippen LogP contribution in [0.5, 0.6) is 5.75 Å². The molecule has 1 unspecified atom stereocenters. The molecule has 1 heterocycles. The highest BCUT2D eigenvalue weighted by Gasteiger charge is 2.21. The van der Waals surface area contributed by atoms with Crippen molar-refractivity contribution < 1.29 is 13.5 Å². The maximum Gasteiger partial charge on any atom is 0.250 e. The van der Waals surface area contributed by atoms with E-state index >= 15 is 0 Å². The van der Waals surface area contributed by atoms with Gasteiger partial charge >= 0.3 is 0 Å². The quantitative estimate of drug-likeness (QED) is 0.580. The van der Waals surface area contributed by atoms with Crippen molar-refractivity contribution in [1.29, 1.82) is 5.26 Å². The second-order valence-corrected chi connectivity index (χ2v) is 7.09. The van der Waals surface area contributed by atoms with Crippen LogP contribution in [0.2, 0.25) is 0 Å². The van der Waals surface area contributed by atoms with Crippen LogP contribution in [0.3, 0.4) is 0 Å². The Bertz CT molecular complexity index is 808. The van der Waals surface area contributed by atoms with Gasteiger partial charge in [-0.15, -0.1) is 11.3 Å². The normalized spacial score (nSPS) is 12.6. The molecule has 0 saturated heterocycles. The molecule has 7 nitrogen and oxygen atoms in total. The number of nitriles is 1. The van der Waals surface area contributed by atoms with Gasteiger partial charge in [0.05, 0.1) is 17.5 Å². The molecule has 9 heteroatoms. The monoisotopic (exact) mass is 324 g/mol. The van der Waals surface area contributed by atoms with Gasteiger partial charge in [0.1, 0.15) is 5.75 Å². The number of hydrogen-bond acceptors (Lipinski definition) is 7. The fourth-order valence-corrected chi connectivity index (χ4v) is 3.16. The number of nitrogens with one attached hydrogen (secondary N) is 1. The van der Waals surface area contributed by atoms with E-state index in [-0.39, 0.29) is 16.6 Å². The summed E-state index contributed by atoms with van der Waals surface area (Å²) in [5, 5.41) is 18.7. The number of anilines is 2. The molecule has 1 aromatic heterocycles. The first-order valence-corrected chi connectivity index (χ1v) is 8.21. The van der Waals surface area contributed by atoms with Crippen LogP contribution in [0.25, 0.3) is 11.3 Å². The standard InChI is InChI=1S/C12H12N4O3S2/c1-7(5-13)21(18,19)16-12-15-10(6-20-12)8-2-3-11(17)9(14)4-8/h2-4,6-7,17H,14H2,1H3,(H,15,16). The van der Waals surface area contributed by atoms with Crippen LogP contribution in [-0.4, -0.2) is 23.8 Å². The SMILES string of the molecule is CC(C#N)S(=O)(=O)Nc1nc(-c2ccc(O)c(N)c2)cs1. The number of nitrogens with two attached hydrogens (primary N) is 1. The van der Waals surface area contributed by atoms with Crippen LogP contribution in [-0.2, 0) is 10.0 Å². The van der Waals surface area contributed by atoms with Gasteiger partial charge in [-0.05, 0) is 25.1 Å². The maximum atomic E-state index is 11.8. The lowest BCUT2D eigenvalue weighted by Gasteiger charge is -2.05. The lowest BCUT2D eigenvalue weighted by atomic mass is 10.1. The van der Waals surface area contributed by atoms with Gasteiger partial charge in [0.25, 0.3) is 10.0 Å². The van der Waals surface area contributed by atoms with Crippen molar-refractivity contribution in [2.75, 3.05) is 10.5 Å². The van der Waals surface area contributed by atoms with Crippen LogP contribution >= 0.6 is 11.3 Å². The first kappa shape index (κ1) is 15.1. The molecule has 0 fully saturated rings. The summed E-state index contributed by atoms with van der Waals surface area (Å²) in [5.74, 6) is -0.0299. The predicted octanol–water partition coefficient (Wildman–Crippen LogP) is 1.75. The number of benzene rings is 1. The van der Waals surface area contributed by atoms with Gasteiger partial charge < -0.3 is 10.8 Å². The summed E-state index contributed by atoms with van der Waals surface area (Å²) >= 11 is 1.10. The van der Waals surface area contributed by atoms with Gasteiger partial charge in [-0.25, -0.2) is 13.4 Å². The number of phenolic OH excluding ortho intramolecular Hbond substituents is 1. The number of sulfonamides is 1. The third kappa shape index (κ3) is 3.24. The second-order valence-electron chi connectivity index (χ2n) is 4.23. The van der Waals surface area contributed by atoms with E-state index in [1.54, 1.807) is 23.6 Å². The largest absolute Gasteiger partial charge is 0.506 e. The molecule has 2 aromatic rings. The molecule has 0 saturated carbocycles. The van der Waals surface area contributed by atoms with E-state index in [1.807, 2.05) is 0 Å². The second kappa shape index (κ2) is 5.59. The lowest BCUT2D eigenvalue weighted by molar-refractivity contribution is 0.478. The zero-order valence-corrected chi connectivity index (χ0v) is 12.6. The van der Waals surface area contributed by atoms with Crippen molar-refractivity contribution in [3.63, 3.8) is 0 Å². The Morgan fingerprint density at radius 1 is 1.52 bits per heavy atom. The van der Waals surface area contributed by atoms with Crippen molar-refractivity contribution >= 4 is 32.2 Å². The molecule has 0 aliphatic carbocycles. The highest BCUT2D eigenvalue weighted by atomic mass is 32.2. The summed E-state index contributed by atoms with van der Waals surface area (Å²) in [7, 11) is -3.78. The van der Waals surface area contributed by atoms with Gasteiger partial charge in [-0.2, -0.15) is 5.26 Å². The van der Waals surface area contributed by atoms with Crippen molar-refractivity contribution in [3.8, 4) is 23.1 Å². The van der Waals surface area contributed by atoms with Crippen molar-refractivity contribution in [1.82, 2.24) is 4.98 Å². The van der Waals surface area contributed by atoms with E-state index in [4.69, 9.17) is 11.0 Å². The van der Waals surface area contributed by atoms with Crippen LogP contribution < -0.4 is 10.5 Å². The van der Waals surface area contributed by atoms with E-state index in [1.165, 1.54) is 13.0 Å². The van der Waals surface area contributed by atoms with Gasteiger partial charge in [0, 0.05) is 10.9 Å². The lowest BCUT2D eigenvalue weighted by Crippen LogP contribution is -2.23. The van der Waals surface area contributed by atoms with Gasteiger partial charge in [0.15, 0.2) is 10.4 Å². The Balaban J connectivity index is 2.27. The van der Waals surface area contributed by atoms with E-state index in [9.17, 15) is 13.5 Å². The number of thiazole rings is 1. The molecule has 0 spiro atoms. The Hall–Kier alpha value is -2.31.